The second-order valence-corrected chi connectivity index (χ2v) is 8.69. The molecule has 1 atom stereocenters. The first-order valence-corrected chi connectivity index (χ1v) is 8.71. The van der Waals surface area contributed by atoms with E-state index in [1.807, 2.05) is 0 Å². The lowest BCUT2D eigenvalue weighted by Gasteiger charge is -2.23. The van der Waals surface area contributed by atoms with Gasteiger partial charge in [0.25, 0.3) is 5.56 Å². The van der Waals surface area contributed by atoms with Gasteiger partial charge in [0, 0.05) is 11.8 Å². The van der Waals surface area contributed by atoms with Crippen LogP contribution in [-0.4, -0.2) is 33.5 Å². The van der Waals surface area contributed by atoms with Crippen molar-refractivity contribution in [3.8, 4) is 0 Å². The van der Waals surface area contributed by atoms with Gasteiger partial charge in [-0.15, -0.1) is 11.8 Å². The summed E-state index contributed by atoms with van der Waals surface area (Å²) in [5.74, 6) is -0.591. The molecule has 0 fully saturated rings. The number of thioether (sulfide) groups is 1. The van der Waals surface area contributed by atoms with Crippen molar-refractivity contribution in [3.05, 3.63) is 28.0 Å². The fourth-order valence-corrected chi connectivity index (χ4v) is 3.39. The molecule has 132 valence electrons. The average molecular weight is 353 g/mol. The van der Waals surface area contributed by atoms with Crippen molar-refractivity contribution in [2.45, 2.75) is 63.8 Å². The highest BCUT2D eigenvalue weighted by atomic mass is 32.2. The molecule has 0 N–H and O–H groups in total. The number of ether oxygens (including phenoxy) is 2. The molecule has 2 heterocycles. The third kappa shape index (κ3) is 4.41. The lowest BCUT2D eigenvalue weighted by Crippen LogP contribution is -2.34. The molecule has 0 spiro atoms. The number of carbonyl (C=O) groups excluding carboxylic acids is 2. The maximum absolute atomic E-state index is 12.4. The van der Waals surface area contributed by atoms with Crippen LogP contribution in [0.4, 0.5) is 0 Å². The molecule has 0 radical (unpaired) electrons. The minimum atomic E-state index is -0.676. The summed E-state index contributed by atoms with van der Waals surface area (Å²) < 4.78 is 12.0. The molecule has 0 amide bonds. The Balaban J connectivity index is 2.30. The topological polar surface area (TPSA) is 74.6 Å². The molecular weight excluding hydrogens is 330 g/mol. The Hall–Kier alpha value is -1.76. The van der Waals surface area contributed by atoms with Crippen molar-refractivity contribution in [1.29, 1.82) is 0 Å². The Morgan fingerprint density at radius 2 is 1.67 bits per heavy atom. The minimum Gasteiger partial charge on any atom is -0.458 e. The highest BCUT2D eigenvalue weighted by molar-refractivity contribution is 7.99. The van der Waals surface area contributed by atoms with E-state index in [0.717, 1.165) is 0 Å². The van der Waals surface area contributed by atoms with Crippen LogP contribution >= 0.6 is 11.8 Å². The number of pyridine rings is 1. The molecule has 1 aromatic heterocycles. The molecule has 0 bridgehead atoms. The van der Waals surface area contributed by atoms with Crippen molar-refractivity contribution < 1.29 is 19.1 Å². The summed E-state index contributed by atoms with van der Waals surface area (Å²) in [5.41, 5.74) is -1.48. The third-order valence-electron chi connectivity index (χ3n) is 3.05. The largest absolute Gasteiger partial charge is 0.458 e. The van der Waals surface area contributed by atoms with Gasteiger partial charge in [-0.2, -0.15) is 0 Å². The molecule has 1 unspecified atom stereocenters. The van der Waals surface area contributed by atoms with Crippen LogP contribution in [0.25, 0.3) is 0 Å². The normalized spacial score (nSPS) is 17.3. The van der Waals surface area contributed by atoms with Gasteiger partial charge in [-0.3, -0.25) is 9.36 Å². The van der Waals surface area contributed by atoms with Crippen LogP contribution in [0.3, 0.4) is 0 Å². The number of nitrogens with zero attached hydrogens (tertiary/aromatic N) is 1. The quantitative estimate of drug-likeness (QED) is 0.761. The van der Waals surface area contributed by atoms with Crippen LogP contribution in [0.15, 0.2) is 22.0 Å². The van der Waals surface area contributed by atoms with Gasteiger partial charge in [-0.1, -0.05) is 0 Å². The molecule has 0 saturated carbocycles. The van der Waals surface area contributed by atoms with Crippen molar-refractivity contribution >= 4 is 23.7 Å². The van der Waals surface area contributed by atoms with E-state index >= 15 is 0 Å². The van der Waals surface area contributed by atoms with E-state index in [0.29, 0.717) is 10.8 Å². The first-order valence-electron chi connectivity index (χ1n) is 7.73. The number of rotatable bonds is 2. The van der Waals surface area contributed by atoms with E-state index < -0.39 is 34.7 Å². The van der Waals surface area contributed by atoms with E-state index in [9.17, 15) is 14.4 Å². The number of aromatic nitrogens is 1. The number of carbonyl (C=O) groups is 2. The van der Waals surface area contributed by atoms with Gasteiger partial charge < -0.3 is 9.47 Å². The molecule has 0 saturated heterocycles. The Labute approximate surface area is 145 Å². The molecular formula is C17H23NO5S. The van der Waals surface area contributed by atoms with Crippen molar-refractivity contribution in [1.82, 2.24) is 4.57 Å². The Morgan fingerprint density at radius 1 is 1.08 bits per heavy atom. The van der Waals surface area contributed by atoms with Gasteiger partial charge in [0.05, 0.1) is 10.6 Å². The fraction of sp³-hybridized carbons (Fsp3) is 0.588. The summed E-state index contributed by atoms with van der Waals surface area (Å²) in [7, 11) is 0. The smallest absolute Gasteiger partial charge is 0.338 e. The van der Waals surface area contributed by atoms with Crippen LogP contribution in [-0.2, 0) is 14.3 Å². The predicted molar refractivity (Wildman–Crippen MR) is 91.5 cm³/mol. The van der Waals surface area contributed by atoms with Crippen LogP contribution in [0, 0.1) is 0 Å². The Kier molecular flexibility index (Phi) is 4.86. The zero-order chi connectivity index (χ0) is 18.3. The molecule has 1 aromatic rings. The van der Waals surface area contributed by atoms with E-state index in [-0.39, 0.29) is 5.56 Å². The fourth-order valence-electron chi connectivity index (χ4n) is 2.21. The summed E-state index contributed by atoms with van der Waals surface area (Å²) in [5, 5.41) is 0.569. The maximum Gasteiger partial charge on any atom is 0.338 e. The van der Waals surface area contributed by atoms with Crippen molar-refractivity contribution in [3.63, 3.8) is 0 Å². The van der Waals surface area contributed by atoms with Gasteiger partial charge in [0.15, 0.2) is 0 Å². The number of esters is 2. The molecule has 0 aliphatic carbocycles. The Bertz CT molecular complexity index is 724. The van der Waals surface area contributed by atoms with E-state index in [1.54, 1.807) is 47.6 Å². The highest BCUT2D eigenvalue weighted by Crippen LogP contribution is 2.33. The van der Waals surface area contributed by atoms with E-state index in [1.165, 1.54) is 22.4 Å². The van der Waals surface area contributed by atoms with Gasteiger partial charge in [-0.05, 0) is 47.6 Å². The SMILES string of the molecule is CC(C)(C)OC(=O)c1cc2n(c(=O)c1)C(C(=O)OC(C)(C)C)CS2. The minimum absolute atomic E-state index is 0.193. The number of hydrogen-bond donors (Lipinski definition) is 0. The first-order chi connectivity index (χ1) is 10.9. The number of hydrogen-bond acceptors (Lipinski definition) is 6. The lowest BCUT2D eigenvalue weighted by molar-refractivity contribution is -0.158. The second kappa shape index (κ2) is 6.27. The molecule has 1 aliphatic heterocycles. The summed E-state index contributed by atoms with van der Waals surface area (Å²) in [4.78, 5) is 36.9. The molecule has 0 aromatic carbocycles. The summed E-state index contributed by atoms with van der Waals surface area (Å²) >= 11 is 1.35. The predicted octanol–water partition coefficient (Wildman–Crippen LogP) is 2.79. The zero-order valence-corrected chi connectivity index (χ0v) is 15.7. The highest BCUT2D eigenvalue weighted by Gasteiger charge is 2.34. The van der Waals surface area contributed by atoms with Gasteiger partial charge in [-0.25, -0.2) is 9.59 Å². The summed E-state index contributed by atoms with van der Waals surface area (Å²) in [6.45, 7) is 10.6. The van der Waals surface area contributed by atoms with Crippen LogP contribution in [0.2, 0.25) is 0 Å². The number of fused-ring (bicyclic) bond motifs is 1. The van der Waals surface area contributed by atoms with Crippen LogP contribution < -0.4 is 5.56 Å². The van der Waals surface area contributed by atoms with Crippen molar-refractivity contribution in [2.75, 3.05) is 5.75 Å². The summed E-state index contributed by atoms with van der Waals surface area (Å²) in [6, 6.07) is 2.12. The third-order valence-corrected chi connectivity index (χ3v) is 4.14. The molecule has 1 aliphatic rings. The van der Waals surface area contributed by atoms with Crippen LogP contribution in [0.5, 0.6) is 0 Å². The van der Waals surface area contributed by atoms with E-state index in [4.69, 9.17) is 9.47 Å². The lowest BCUT2D eigenvalue weighted by atomic mass is 10.2. The molecule has 2 rings (SSSR count). The van der Waals surface area contributed by atoms with Gasteiger partial charge >= 0.3 is 11.9 Å². The average Bonchev–Trinajstić information content (AvgIpc) is 2.78. The molecule has 7 heteroatoms. The standard InChI is InChI=1S/C17H23NO5S/c1-16(2,3)22-14(20)10-7-12(19)18-11(9-24-13(18)8-10)15(21)23-17(4,5)6/h7-8,11H,9H2,1-6H3. The zero-order valence-electron chi connectivity index (χ0n) is 14.8. The second-order valence-electron chi connectivity index (χ2n) is 7.65. The molecule has 24 heavy (non-hydrogen) atoms. The van der Waals surface area contributed by atoms with Crippen molar-refractivity contribution in [2.24, 2.45) is 0 Å². The van der Waals surface area contributed by atoms with Crippen LogP contribution in [0.1, 0.15) is 57.9 Å². The molecule has 6 nitrogen and oxygen atoms in total. The van der Waals surface area contributed by atoms with Gasteiger partial charge in [0.2, 0.25) is 0 Å². The van der Waals surface area contributed by atoms with E-state index in [2.05, 4.69) is 0 Å². The maximum atomic E-state index is 12.4. The summed E-state index contributed by atoms with van der Waals surface area (Å²) in [6.07, 6.45) is 0. The van der Waals surface area contributed by atoms with Gasteiger partial charge in [0.1, 0.15) is 17.2 Å². The first kappa shape index (κ1) is 18.6. The Morgan fingerprint density at radius 3 is 2.21 bits per heavy atom. The monoisotopic (exact) mass is 353 g/mol.